The molecule has 7 heteroatoms. The van der Waals surface area contributed by atoms with Gasteiger partial charge in [-0.25, -0.2) is 9.97 Å². The summed E-state index contributed by atoms with van der Waals surface area (Å²) in [6.45, 7) is 7.71. The number of oxazole rings is 1. The van der Waals surface area contributed by atoms with Gasteiger partial charge in [-0.3, -0.25) is 10.1 Å². The Hall–Kier alpha value is -2.67. The topological polar surface area (TPSA) is 71.3 Å². The molecule has 1 aliphatic rings. The van der Waals surface area contributed by atoms with Gasteiger partial charge in [0.1, 0.15) is 0 Å². The Kier molecular flexibility index (Phi) is 5.17. The van der Waals surface area contributed by atoms with Crippen LogP contribution in [0.2, 0.25) is 0 Å². The van der Waals surface area contributed by atoms with E-state index >= 15 is 0 Å². The molecule has 0 spiro atoms. The molecule has 28 heavy (non-hydrogen) atoms. The van der Waals surface area contributed by atoms with Crippen LogP contribution in [-0.2, 0) is 0 Å². The second kappa shape index (κ2) is 7.75. The molecule has 0 saturated carbocycles. The first-order valence-corrected chi connectivity index (χ1v) is 10.4. The summed E-state index contributed by atoms with van der Waals surface area (Å²) in [6, 6.07) is 7.97. The molecule has 1 amide bonds. The standard InChI is InChI=1S/C21H24N4O2S/c1-13-7-9-16(10-8-13)19-23-17(20(27-19)25-11-5-4-6-12-25)18(26)24-21-22-14(2)15(3)28-21/h7-10H,4-6,11-12H2,1-3H3,(H,22,24,26). The van der Waals surface area contributed by atoms with Crippen molar-refractivity contribution in [3.63, 3.8) is 0 Å². The molecule has 2 aromatic heterocycles. The van der Waals surface area contributed by atoms with E-state index in [0.717, 1.165) is 42.1 Å². The van der Waals surface area contributed by atoms with Crippen molar-refractivity contribution in [1.82, 2.24) is 9.97 Å². The molecule has 1 saturated heterocycles. The summed E-state index contributed by atoms with van der Waals surface area (Å²) in [5, 5.41) is 3.48. The highest BCUT2D eigenvalue weighted by Crippen LogP contribution is 2.31. The molecule has 4 rings (SSSR count). The minimum absolute atomic E-state index is 0.281. The van der Waals surface area contributed by atoms with Crippen molar-refractivity contribution in [3.05, 3.63) is 46.1 Å². The van der Waals surface area contributed by atoms with E-state index in [4.69, 9.17) is 4.42 Å². The fraction of sp³-hybridized carbons (Fsp3) is 0.381. The predicted octanol–water partition coefficient (Wildman–Crippen LogP) is 4.97. The fourth-order valence-corrected chi connectivity index (χ4v) is 4.08. The molecule has 0 atom stereocenters. The van der Waals surface area contributed by atoms with E-state index in [2.05, 4.69) is 20.2 Å². The van der Waals surface area contributed by atoms with Crippen molar-refractivity contribution in [3.8, 4) is 11.5 Å². The van der Waals surface area contributed by atoms with E-state index in [-0.39, 0.29) is 5.91 Å². The average Bonchev–Trinajstić information content (AvgIpc) is 3.27. The van der Waals surface area contributed by atoms with Gasteiger partial charge in [0.15, 0.2) is 10.8 Å². The van der Waals surface area contributed by atoms with E-state index in [1.165, 1.54) is 23.3 Å². The van der Waals surface area contributed by atoms with Crippen molar-refractivity contribution in [1.29, 1.82) is 0 Å². The van der Waals surface area contributed by atoms with Crippen LogP contribution >= 0.6 is 11.3 Å². The third-order valence-corrected chi connectivity index (χ3v) is 6.00. The van der Waals surface area contributed by atoms with Crippen molar-refractivity contribution >= 4 is 28.3 Å². The number of nitrogens with one attached hydrogen (secondary N) is 1. The van der Waals surface area contributed by atoms with Gasteiger partial charge in [-0.1, -0.05) is 17.7 Å². The molecule has 6 nitrogen and oxygen atoms in total. The maximum atomic E-state index is 13.0. The Morgan fingerprint density at radius 1 is 1.07 bits per heavy atom. The average molecular weight is 397 g/mol. The number of carbonyl (C=O) groups excluding carboxylic acids is 1. The summed E-state index contributed by atoms with van der Waals surface area (Å²) in [5.41, 5.74) is 3.28. The lowest BCUT2D eigenvalue weighted by molar-refractivity contribution is 0.102. The van der Waals surface area contributed by atoms with Crippen LogP contribution in [0.25, 0.3) is 11.5 Å². The second-order valence-corrected chi connectivity index (χ2v) is 8.40. The summed E-state index contributed by atoms with van der Waals surface area (Å²) in [5.74, 6) is 0.742. The number of benzene rings is 1. The van der Waals surface area contributed by atoms with Crippen LogP contribution in [0.5, 0.6) is 0 Å². The summed E-state index contributed by atoms with van der Waals surface area (Å²) >= 11 is 1.47. The molecular weight excluding hydrogens is 372 g/mol. The zero-order valence-electron chi connectivity index (χ0n) is 16.4. The van der Waals surface area contributed by atoms with Crippen molar-refractivity contribution in [2.75, 3.05) is 23.3 Å². The number of carbonyl (C=O) groups is 1. The van der Waals surface area contributed by atoms with E-state index in [9.17, 15) is 4.79 Å². The molecule has 1 N–H and O–H groups in total. The van der Waals surface area contributed by atoms with Gasteiger partial charge in [0.2, 0.25) is 11.8 Å². The number of amides is 1. The summed E-state index contributed by atoms with van der Waals surface area (Å²) in [4.78, 5) is 25.2. The third kappa shape index (κ3) is 3.80. The maximum absolute atomic E-state index is 13.0. The number of hydrogen-bond acceptors (Lipinski definition) is 6. The third-order valence-electron chi connectivity index (χ3n) is 5.02. The molecule has 0 aliphatic carbocycles. The second-order valence-electron chi connectivity index (χ2n) is 7.20. The van der Waals surface area contributed by atoms with Crippen molar-refractivity contribution < 1.29 is 9.21 Å². The summed E-state index contributed by atoms with van der Waals surface area (Å²) < 4.78 is 6.10. The van der Waals surface area contributed by atoms with Gasteiger partial charge >= 0.3 is 0 Å². The van der Waals surface area contributed by atoms with Gasteiger partial charge in [0.05, 0.1) is 5.69 Å². The highest BCUT2D eigenvalue weighted by molar-refractivity contribution is 7.15. The molecule has 1 fully saturated rings. The van der Waals surface area contributed by atoms with Crippen LogP contribution < -0.4 is 10.2 Å². The number of aromatic nitrogens is 2. The van der Waals surface area contributed by atoms with Crippen LogP contribution in [0.1, 0.15) is 45.9 Å². The molecule has 3 aromatic rings. The van der Waals surface area contributed by atoms with Gasteiger partial charge in [-0.05, 0) is 52.2 Å². The fourth-order valence-electron chi connectivity index (χ4n) is 3.27. The first-order chi connectivity index (χ1) is 13.5. The van der Waals surface area contributed by atoms with Gasteiger partial charge in [0.25, 0.3) is 5.91 Å². The number of thiazole rings is 1. The van der Waals surface area contributed by atoms with E-state index in [1.54, 1.807) is 0 Å². The summed E-state index contributed by atoms with van der Waals surface area (Å²) in [6.07, 6.45) is 3.38. The van der Waals surface area contributed by atoms with Gasteiger partial charge < -0.3 is 9.32 Å². The monoisotopic (exact) mass is 396 g/mol. The molecular formula is C21H24N4O2S. The lowest BCUT2D eigenvalue weighted by Crippen LogP contribution is -2.31. The minimum atomic E-state index is -0.281. The van der Waals surface area contributed by atoms with Crippen LogP contribution in [0.15, 0.2) is 28.7 Å². The maximum Gasteiger partial charge on any atom is 0.281 e. The van der Waals surface area contributed by atoms with Crippen LogP contribution in [0.3, 0.4) is 0 Å². The van der Waals surface area contributed by atoms with E-state index in [0.29, 0.717) is 22.6 Å². The van der Waals surface area contributed by atoms with Gasteiger partial charge in [-0.2, -0.15) is 0 Å². The van der Waals surface area contributed by atoms with Crippen LogP contribution in [-0.4, -0.2) is 29.0 Å². The van der Waals surface area contributed by atoms with Crippen molar-refractivity contribution in [2.45, 2.75) is 40.0 Å². The van der Waals surface area contributed by atoms with Crippen molar-refractivity contribution in [2.24, 2.45) is 0 Å². The highest BCUT2D eigenvalue weighted by atomic mass is 32.1. The largest absolute Gasteiger partial charge is 0.420 e. The first kappa shape index (κ1) is 18.7. The predicted molar refractivity (Wildman–Crippen MR) is 112 cm³/mol. The zero-order chi connectivity index (χ0) is 19.7. The lowest BCUT2D eigenvalue weighted by Gasteiger charge is -2.26. The Morgan fingerprint density at radius 2 is 1.79 bits per heavy atom. The Bertz CT molecular complexity index is 965. The Labute approximate surface area is 168 Å². The quantitative estimate of drug-likeness (QED) is 0.674. The Balaban J connectivity index is 1.68. The Morgan fingerprint density at radius 3 is 2.43 bits per heavy atom. The van der Waals surface area contributed by atoms with E-state index in [1.807, 2.05) is 45.0 Å². The molecule has 0 bridgehead atoms. The smallest absolute Gasteiger partial charge is 0.281 e. The number of anilines is 2. The van der Waals surface area contributed by atoms with Gasteiger partial charge in [0, 0.05) is 23.5 Å². The normalized spacial score (nSPS) is 14.3. The highest BCUT2D eigenvalue weighted by Gasteiger charge is 2.27. The van der Waals surface area contributed by atoms with Crippen LogP contribution in [0, 0.1) is 20.8 Å². The number of piperidine rings is 1. The molecule has 146 valence electrons. The molecule has 0 unspecified atom stereocenters. The number of nitrogens with zero attached hydrogens (tertiary/aromatic N) is 3. The van der Waals surface area contributed by atoms with Crippen LogP contribution in [0.4, 0.5) is 11.0 Å². The SMILES string of the molecule is Cc1ccc(-c2nc(C(=O)Nc3nc(C)c(C)s3)c(N3CCCCC3)o2)cc1. The molecule has 0 radical (unpaired) electrons. The number of hydrogen-bond donors (Lipinski definition) is 1. The molecule has 1 aliphatic heterocycles. The molecule has 3 heterocycles. The lowest BCUT2D eigenvalue weighted by atomic mass is 10.1. The van der Waals surface area contributed by atoms with E-state index < -0.39 is 0 Å². The number of aryl methyl sites for hydroxylation is 3. The minimum Gasteiger partial charge on any atom is -0.420 e. The van der Waals surface area contributed by atoms with Gasteiger partial charge in [-0.15, -0.1) is 11.3 Å². The molecule has 1 aromatic carbocycles. The summed E-state index contributed by atoms with van der Waals surface area (Å²) in [7, 11) is 0. The first-order valence-electron chi connectivity index (χ1n) is 9.59. The number of rotatable bonds is 4. The zero-order valence-corrected chi connectivity index (χ0v) is 17.2.